The van der Waals surface area contributed by atoms with E-state index in [0.29, 0.717) is 6.61 Å². The van der Waals surface area contributed by atoms with Gasteiger partial charge in [0, 0.05) is 23.5 Å². The molecule has 1 fully saturated rings. The number of hydrogen-bond donors (Lipinski definition) is 1. The third-order valence-corrected chi connectivity index (χ3v) is 3.94. The number of halogens is 2. The van der Waals surface area contributed by atoms with E-state index in [-0.39, 0.29) is 18.2 Å². The van der Waals surface area contributed by atoms with E-state index in [1.807, 2.05) is 25.1 Å². The number of nitrogens with two attached hydrogens (primary N) is 1. The summed E-state index contributed by atoms with van der Waals surface area (Å²) in [5.41, 5.74) is 5.89. The van der Waals surface area contributed by atoms with Crippen molar-refractivity contribution in [1.29, 1.82) is 0 Å². The Balaban J connectivity index is 2.01. The van der Waals surface area contributed by atoms with Crippen LogP contribution in [-0.2, 0) is 4.74 Å². The molecule has 0 radical (unpaired) electrons. The van der Waals surface area contributed by atoms with Gasteiger partial charge in [0.05, 0.1) is 4.47 Å². The van der Waals surface area contributed by atoms with Gasteiger partial charge >= 0.3 is 0 Å². The fourth-order valence-electron chi connectivity index (χ4n) is 1.89. The molecule has 2 N–H and O–H groups in total. The van der Waals surface area contributed by atoms with Crippen molar-refractivity contribution in [1.82, 2.24) is 0 Å². The minimum atomic E-state index is 0.00977. The molecule has 1 aliphatic rings. The Morgan fingerprint density at radius 3 is 2.76 bits per heavy atom. The number of rotatable bonds is 4. The van der Waals surface area contributed by atoms with Gasteiger partial charge in [-0.2, -0.15) is 0 Å². The molecule has 3 unspecified atom stereocenters. The van der Waals surface area contributed by atoms with Crippen molar-refractivity contribution in [3.63, 3.8) is 0 Å². The summed E-state index contributed by atoms with van der Waals surface area (Å²) in [5.74, 6) is 0.829. The summed E-state index contributed by atoms with van der Waals surface area (Å²) >= 11 is 6.89. The summed E-state index contributed by atoms with van der Waals surface area (Å²) < 4.78 is 13.4. The number of benzene rings is 1. The SMILES string of the molecule is CCOC1C(N)CC1Oc1ccc(Br)cc1Br. The summed E-state index contributed by atoms with van der Waals surface area (Å²) in [5, 5.41) is 0. The van der Waals surface area contributed by atoms with Gasteiger partial charge < -0.3 is 15.2 Å². The monoisotopic (exact) mass is 363 g/mol. The fourth-order valence-corrected chi connectivity index (χ4v) is 3.03. The highest BCUT2D eigenvalue weighted by molar-refractivity contribution is 9.11. The molecule has 1 aliphatic carbocycles. The lowest BCUT2D eigenvalue weighted by atomic mass is 9.86. The van der Waals surface area contributed by atoms with Gasteiger partial charge in [0.2, 0.25) is 0 Å². The lowest BCUT2D eigenvalue weighted by Crippen LogP contribution is -2.59. The Bertz CT molecular complexity index is 400. The summed E-state index contributed by atoms with van der Waals surface area (Å²) in [6, 6.07) is 5.94. The molecule has 0 saturated heterocycles. The van der Waals surface area contributed by atoms with Crippen LogP contribution in [0.25, 0.3) is 0 Å². The van der Waals surface area contributed by atoms with E-state index in [1.54, 1.807) is 0 Å². The molecule has 5 heteroatoms. The average molecular weight is 365 g/mol. The van der Waals surface area contributed by atoms with E-state index >= 15 is 0 Å². The maximum atomic E-state index is 5.90. The van der Waals surface area contributed by atoms with Crippen LogP contribution in [-0.4, -0.2) is 24.9 Å². The first-order chi connectivity index (χ1) is 8.11. The van der Waals surface area contributed by atoms with Crippen molar-refractivity contribution >= 4 is 31.9 Å². The van der Waals surface area contributed by atoms with Gasteiger partial charge in [0.25, 0.3) is 0 Å². The zero-order chi connectivity index (χ0) is 12.4. The predicted molar refractivity (Wildman–Crippen MR) is 74.3 cm³/mol. The third-order valence-electron chi connectivity index (χ3n) is 2.82. The average Bonchev–Trinajstić information content (AvgIpc) is 2.28. The lowest BCUT2D eigenvalue weighted by Gasteiger charge is -2.41. The highest BCUT2D eigenvalue weighted by Gasteiger charge is 2.41. The Morgan fingerprint density at radius 2 is 2.18 bits per heavy atom. The van der Waals surface area contributed by atoms with Crippen LogP contribution in [0.1, 0.15) is 13.3 Å². The standard InChI is InChI=1S/C12H15Br2NO2/c1-2-16-12-9(15)6-11(12)17-10-4-3-7(13)5-8(10)14/h3-5,9,11-12H,2,6,15H2,1H3. The summed E-state index contributed by atoms with van der Waals surface area (Å²) in [6.45, 7) is 2.64. The Kier molecular flexibility index (Phi) is 4.47. The van der Waals surface area contributed by atoms with Gasteiger partial charge in [-0.25, -0.2) is 0 Å². The normalized spacial score (nSPS) is 27.6. The molecule has 3 nitrogen and oxygen atoms in total. The van der Waals surface area contributed by atoms with E-state index in [9.17, 15) is 0 Å². The molecule has 17 heavy (non-hydrogen) atoms. The second-order valence-electron chi connectivity index (χ2n) is 4.05. The van der Waals surface area contributed by atoms with Crippen molar-refractivity contribution < 1.29 is 9.47 Å². The fraction of sp³-hybridized carbons (Fsp3) is 0.500. The molecule has 0 spiro atoms. The molecule has 3 atom stereocenters. The molecular weight excluding hydrogens is 350 g/mol. The molecule has 0 bridgehead atoms. The van der Waals surface area contributed by atoms with Gasteiger partial charge in [-0.3, -0.25) is 0 Å². The summed E-state index contributed by atoms with van der Waals surface area (Å²) in [6.07, 6.45) is 0.908. The van der Waals surface area contributed by atoms with Crippen molar-refractivity contribution in [3.8, 4) is 5.75 Å². The minimum Gasteiger partial charge on any atom is -0.486 e. The van der Waals surface area contributed by atoms with Crippen LogP contribution in [0, 0.1) is 0 Å². The van der Waals surface area contributed by atoms with E-state index in [2.05, 4.69) is 31.9 Å². The smallest absolute Gasteiger partial charge is 0.134 e. The first kappa shape index (κ1) is 13.3. The van der Waals surface area contributed by atoms with Gasteiger partial charge in [0.15, 0.2) is 0 Å². The zero-order valence-corrected chi connectivity index (χ0v) is 12.7. The maximum absolute atomic E-state index is 5.90. The first-order valence-corrected chi connectivity index (χ1v) is 7.19. The lowest BCUT2D eigenvalue weighted by molar-refractivity contribution is -0.0947. The molecule has 1 saturated carbocycles. The van der Waals surface area contributed by atoms with Gasteiger partial charge in [-0.15, -0.1) is 0 Å². The van der Waals surface area contributed by atoms with Crippen molar-refractivity contribution in [2.75, 3.05) is 6.61 Å². The van der Waals surface area contributed by atoms with Gasteiger partial charge in [-0.1, -0.05) is 15.9 Å². The zero-order valence-electron chi connectivity index (χ0n) is 9.53. The molecule has 0 aliphatic heterocycles. The molecule has 0 heterocycles. The highest BCUT2D eigenvalue weighted by atomic mass is 79.9. The van der Waals surface area contributed by atoms with Crippen molar-refractivity contribution in [3.05, 3.63) is 27.1 Å². The number of hydrogen-bond acceptors (Lipinski definition) is 3. The molecule has 1 aromatic rings. The second-order valence-corrected chi connectivity index (χ2v) is 5.82. The van der Waals surface area contributed by atoms with E-state index < -0.39 is 0 Å². The molecule has 2 rings (SSSR count). The van der Waals surface area contributed by atoms with Crippen LogP contribution in [0.4, 0.5) is 0 Å². The van der Waals surface area contributed by atoms with Crippen LogP contribution >= 0.6 is 31.9 Å². The quantitative estimate of drug-likeness (QED) is 0.892. The van der Waals surface area contributed by atoms with Gasteiger partial charge in [-0.05, 0) is 41.1 Å². The van der Waals surface area contributed by atoms with Crippen LogP contribution in [0.3, 0.4) is 0 Å². The van der Waals surface area contributed by atoms with Crippen molar-refractivity contribution in [2.24, 2.45) is 5.73 Å². The van der Waals surface area contributed by atoms with E-state index in [1.165, 1.54) is 0 Å². The third kappa shape index (κ3) is 3.02. The van der Waals surface area contributed by atoms with E-state index in [4.69, 9.17) is 15.2 Å². The van der Waals surface area contributed by atoms with Gasteiger partial charge in [0.1, 0.15) is 18.0 Å². The van der Waals surface area contributed by atoms with Crippen LogP contribution < -0.4 is 10.5 Å². The molecular formula is C12H15Br2NO2. The van der Waals surface area contributed by atoms with Crippen LogP contribution in [0.2, 0.25) is 0 Å². The summed E-state index contributed by atoms with van der Waals surface area (Å²) in [7, 11) is 0. The Morgan fingerprint density at radius 1 is 1.41 bits per heavy atom. The molecule has 0 amide bonds. The van der Waals surface area contributed by atoms with Crippen LogP contribution in [0.5, 0.6) is 5.75 Å². The van der Waals surface area contributed by atoms with Crippen molar-refractivity contribution in [2.45, 2.75) is 31.6 Å². The Hall–Kier alpha value is -0.100. The molecule has 1 aromatic carbocycles. The molecule has 0 aromatic heterocycles. The topological polar surface area (TPSA) is 44.5 Å². The predicted octanol–water partition coefficient (Wildman–Crippen LogP) is 3.10. The largest absolute Gasteiger partial charge is 0.486 e. The van der Waals surface area contributed by atoms with Crippen LogP contribution in [0.15, 0.2) is 27.1 Å². The number of ether oxygens (including phenoxy) is 2. The Labute approximate surface area is 118 Å². The maximum Gasteiger partial charge on any atom is 0.134 e. The minimum absolute atomic E-state index is 0.00977. The first-order valence-electron chi connectivity index (χ1n) is 5.60. The highest BCUT2D eigenvalue weighted by Crippen LogP contribution is 2.33. The van der Waals surface area contributed by atoms with E-state index in [0.717, 1.165) is 21.1 Å². The second kappa shape index (κ2) is 5.69. The summed E-state index contributed by atoms with van der Waals surface area (Å²) in [4.78, 5) is 0. The molecule has 94 valence electrons.